The fourth-order valence-electron chi connectivity index (χ4n) is 1.44. The summed E-state index contributed by atoms with van der Waals surface area (Å²) in [6.45, 7) is 6.89. The smallest absolute Gasteiger partial charge is 0.274 e. The van der Waals surface area contributed by atoms with Gasteiger partial charge in [0.1, 0.15) is 0 Å². The summed E-state index contributed by atoms with van der Waals surface area (Å²) in [6.07, 6.45) is 0. The first-order valence-corrected chi connectivity index (χ1v) is 6.18. The number of hydrogen-bond donors (Lipinski definition) is 1. The Bertz CT molecular complexity index is 507. The molecule has 0 spiro atoms. The number of aryl methyl sites for hydroxylation is 2. The average molecular weight is 315 g/mol. The van der Waals surface area contributed by atoms with E-state index in [1.165, 1.54) is 6.07 Å². The van der Waals surface area contributed by atoms with Crippen LogP contribution in [0.2, 0.25) is 0 Å². The van der Waals surface area contributed by atoms with Gasteiger partial charge in [-0.25, -0.2) is 0 Å². The van der Waals surface area contributed by atoms with Gasteiger partial charge in [0, 0.05) is 11.6 Å². The Morgan fingerprint density at radius 3 is 2.33 bits per heavy atom. The van der Waals surface area contributed by atoms with Gasteiger partial charge in [0.25, 0.3) is 5.69 Å². The minimum Gasteiger partial charge on any atom is -0.324 e. The van der Waals surface area contributed by atoms with Crippen LogP contribution in [0, 0.1) is 24.0 Å². The Kier molecular flexibility index (Phi) is 4.11. The number of benzene rings is 1. The van der Waals surface area contributed by atoms with Gasteiger partial charge in [-0.2, -0.15) is 0 Å². The summed E-state index contributed by atoms with van der Waals surface area (Å²) < 4.78 is -0.723. The minimum atomic E-state index is -0.723. The highest BCUT2D eigenvalue weighted by atomic mass is 79.9. The first-order valence-electron chi connectivity index (χ1n) is 5.39. The van der Waals surface area contributed by atoms with Gasteiger partial charge in [-0.1, -0.05) is 15.9 Å². The van der Waals surface area contributed by atoms with Gasteiger partial charge in [0.15, 0.2) is 0 Å². The van der Waals surface area contributed by atoms with Crippen LogP contribution in [0.5, 0.6) is 0 Å². The molecule has 5 nitrogen and oxygen atoms in total. The second-order valence-corrected chi connectivity index (χ2v) is 6.62. The molecule has 1 aromatic rings. The zero-order valence-corrected chi connectivity index (χ0v) is 12.3. The van der Waals surface area contributed by atoms with E-state index in [4.69, 9.17) is 0 Å². The van der Waals surface area contributed by atoms with E-state index in [0.29, 0.717) is 11.3 Å². The summed E-state index contributed by atoms with van der Waals surface area (Å²) in [6, 6.07) is 3.08. The third-order valence-electron chi connectivity index (χ3n) is 2.53. The molecule has 0 bridgehead atoms. The molecule has 6 heteroatoms. The summed E-state index contributed by atoms with van der Waals surface area (Å²) in [7, 11) is 0. The van der Waals surface area contributed by atoms with E-state index in [9.17, 15) is 14.9 Å². The Labute approximate surface area is 114 Å². The Hall–Kier alpha value is -1.43. The van der Waals surface area contributed by atoms with Gasteiger partial charge in [0.2, 0.25) is 5.91 Å². The molecule has 0 aliphatic carbocycles. The molecule has 98 valence electrons. The molecule has 1 rings (SSSR count). The second-order valence-electron chi connectivity index (χ2n) is 4.64. The van der Waals surface area contributed by atoms with Crippen molar-refractivity contribution in [2.45, 2.75) is 32.0 Å². The molecular weight excluding hydrogens is 300 g/mol. The third-order valence-corrected chi connectivity index (χ3v) is 2.89. The number of hydrogen-bond acceptors (Lipinski definition) is 3. The maximum Gasteiger partial charge on any atom is 0.274 e. The van der Waals surface area contributed by atoms with E-state index in [0.717, 1.165) is 5.56 Å². The Morgan fingerprint density at radius 1 is 1.33 bits per heavy atom. The molecule has 1 amide bonds. The number of alkyl halides is 1. The third kappa shape index (κ3) is 3.29. The first-order chi connectivity index (χ1) is 8.12. The van der Waals surface area contributed by atoms with Gasteiger partial charge in [-0.3, -0.25) is 14.9 Å². The topological polar surface area (TPSA) is 72.2 Å². The molecule has 18 heavy (non-hydrogen) atoms. The first kappa shape index (κ1) is 14.6. The lowest BCUT2D eigenvalue weighted by molar-refractivity contribution is -0.385. The fourth-order valence-corrected chi connectivity index (χ4v) is 1.54. The molecule has 0 radical (unpaired) electrons. The van der Waals surface area contributed by atoms with E-state index < -0.39 is 9.25 Å². The van der Waals surface area contributed by atoms with Gasteiger partial charge < -0.3 is 5.32 Å². The number of nitro benzene ring substituents is 1. The van der Waals surface area contributed by atoms with E-state index >= 15 is 0 Å². The van der Waals surface area contributed by atoms with Gasteiger partial charge >= 0.3 is 0 Å². The van der Waals surface area contributed by atoms with Gasteiger partial charge in [-0.05, 0) is 39.3 Å². The SMILES string of the molecule is Cc1cc(C)c([N+](=O)[O-])cc1NC(=O)C(C)(C)Br. The molecule has 0 aliphatic rings. The summed E-state index contributed by atoms with van der Waals surface area (Å²) in [5.74, 6) is -0.247. The normalized spacial score (nSPS) is 11.2. The molecular formula is C12H15BrN2O3. The maximum atomic E-state index is 11.8. The highest BCUT2D eigenvalue weighted by Gasteiger charge is 2.25. The molecule has 0 unspecified atom stereocenters. The molecule has 0 fully saturated rings. The molecule has 0 heterocycles. The van der Waals surface area contributed by atoms with Crippen LogP contribution in [0.3, 0.4) is 0 Å². The van der Waals surface area contributed by atoms with Crippen molar-refractivity contribution < 1.29 is 9.72 Å². The predicted octanol–water partition coefficient (Wildman–Crippen LogP) is 3.32. The van der Waals surface area contributed by atoms with Crippen LogP contribution in [0.1, 0.15) is 25.0 Å². The number of amides is 1. The van der Waals surface area contributed by atoms with Gasteiger partial charge in [-0.15, -0.1) is 0 Å². The molecule has 1 aromatic carbocycles. The Morgan fingerprint density at radius 2 is 1.89 bits per heavy atom. The molecule has 0 saturated heterocycles. The zero-order valence-electron chi connectivity index (χ0n) is 10.7. The highest BCUT2D eigenvalue weighted by molar-refractivity contribution is 9.10. The molecule has 0 saturated carbocycles. The van der Waals surface area contributed by atoms with Crippen molar-refractivity contribution in [3.05, 3.63) is 33.4 Å². The molecule has 0 aliphatic heterocycles. The Balaban J connectivity index is 3.14. The van der Waals surface area contributed by atoms with E-state index in [2.05, 4.69) is 21.2 Å². The van der Waals surface area contributed by atoms with Crippen LogP contribution in [0.15, 0.2) is 12.1 Å². The van der Waals surface area contributed by atoms with Crippen molar-refractivity contribution in [1.82, 2.24) is 0 Å². The van der Waals surface area contributed by atoms with Crippen LogP contribution < -0.4 is 5.32 Å². The van der Waals surface area contributed by atoms with Gasteiger partial charge in [0.05, 0.1) is 14.9 Å². The maximum absolute atomic E-state index is 11.8. The molecule has 0 aromatic heterocycles. The van der Waals surface area contributed by atoms with E-state index in [1.54, 1.807) is 33.8 Å². The molecule has 0 atom stereocenters. The monoisotopic (exact) mass is 314 g/mol. The number of carbonyl (C=O) groups is 1. The minimum absolute atomic E-state index is 0.00304. The van der Waals surface area contributed by atoms with Crippen LogP contribution in [-0.4, -0.2) is 15.2 Å². The van der Waals surface area contributed by atoms with Crippen LogP contribution in [-0.2, 0) is 4.79 Å². The fraction of sp³-hybridized carbons (Fsp3) is 0.417. The summed E-state index contributed by atoms with van der Waals surface area (Å²) >= 11 is 3.24. The van der Waals surface area contributed by atoms with Crippen molar-refractivity contribution >= 4 is 33.2 Å². The lowest BCUT2D eigenvalue weighted by Crippen LogP contribution is -2.31. The van der Waals surface area contributed by atoms with Crippen molar-refractivity contribution in [2.24, 2.45) is 0 Å². The number of anilines is 1. The van der Waals surface area contributed by atoms with Crippen molar-refractivity contribution in [3.63, 3.8) is 0 Å². The van der Waals surface area contributed by atoms with Crippen molar-refractivity contribution in [3.8, 4) is 0 Å². The number of nitro groups is 1. The number of rotatable bonds is 3. The number of halogens is 1. The van der Waals surface area contributed by atoms with Crippen LogP contribution >= 0.6 is 15.9 Å². The summed E-state index contributed by atoms with van der Waals surface area (Å²) in [5, 5.41) is 13.5. The van der Waals surface area contributed by atoms with E-state index in [1.807, 2.05) is 0 Å². The predicted molar refractivity (Wildman–Crippen MR) is 74.2 cm³/mol. The second kappa shape index (κ2) is 5.06. The lowest BCUT2D eigenvalue weighted by Gasteiger charge is -2.17. The summed E-state index contributed by atoms with van der Waals surface area (Å²) in [5.41, 5.74) is 1.84. The number of nitrogens with one attached hydrogen (secondary N) is 1. The standard InChI is InChI=1S/C12H15BrN2O3/c1-7-5-8(2)10(15(17)18)6-9(7)14-11(16)12(3,4)13/h5-6H,1-4H3,(H,14,16). The van der Waals surface area contributed by atoms with Crippen LogP contribution in [0.25, 0.3) is 0 Å². The number of carbonyl (C=O) groups excluding carboxylic acids is 1. The van der Waals surface area contributed by atoms with Crippen molar-refractivity contribution in [2.75, 3.05) is 5.32 Å². The molecule has 1 N–H and O–H groups in total. The average Bonchev–Trinajstić information content (AvgIpc) is 2.19. The van der Waals surface area contributed by atoms with Crippen molar-refractivity contribution in [1.29, 1.82) is 0 Å². The largest absolute Gasteiger partial charge is 0.324 e. The zero-order chi connectivity index (χ0) is 14.1. The summed E-state index contributed by atoms with van der Waals surface area (Å²) in [4.78, 5) is 22.2. The highest BCUT2D eigenvalue weighted by Crippen LogP contribution is 2.27. The van der Waals surface area contributed by atoms with E-state index in [-0.39, 0.29) is 11.6 Å². The quantitative estimate of drug-likeness (QED) is 0.528. The lowest BCUT2D eigenvalue weighted by atomic mass is 10.1. The van der Waals surface area contributed by atoms with Crippen LogP contribution in [0.4, 0.5) is 11.4 Å². The number of nitrogens with zero attached hydrogens (tertiary/aromatic N) is 1.